The summed E-state index contributed by atoms with van der Waals surface area (Å²) in [6, 6.07) is 3.84. The van der Waals surface area contributed by atoms with Crippen molar-refractivity contribution in [2.45, 2.75) is 13.5 Å². The molecule has 0 fully saturated rings. The average Bonchev–Trinajstić information content (AvgIpc) is 2.60. The van der Waals surface area contributed by atoms with Crippen LogP contribution in [0, 0.1) is 0 Å². The summed E-state index contributed by atoms with van der Waals surface area (Å²) in [7, 11) is 0. The summed E-state index contributed by atoms with van der Waals surface area (Å²) in [4.78, 5) is 12.6. The van der Waals surface area contributed by atoms with E-state index in [-0.39, 0.29) is 12.5 Å². The van der Waals surface area contributed by atoms with E-state index in [9.17, 15) is 4.79 Å². The second-order valence-corrected chi connectivity index (χ2v) is 4.00. The van der Waals surface area contributed by atoms with Crippen LogP contribution >= 0.6 is 11.3 Å². The molecular formula is C10H13NO2S. The Morgan fingerprint density at radius 1 is 1.64 bits per heavy atom. The van der Waals surface area contributed by atoms with Gasteiger partial charge in [-0.3, -0.25) is 4.79 Å². The summed E-state index contributed by atoms with van der Waals surface area (Å²) < 4.78 is 0. The molecule has 1 heterocycles. The van der Waals surface area contributed by atoms with Gasteiger partial charge in [-0.15, -0.1) is 11.3 Å². The van der Waals surface area contributed by atoms with Gasteiger partial charge < -0.3 is 10.4 Å². The van der Waals surface area contributed by atoms with Crippen LogP contribution in [0.25, 0.3) is 6.08 Å². The quantitative estimate of drug-likeness (QED) is 0.790. The molecule has 1 aromatic rings. The van der Waals surface area contributed by atoms with E-state index in [0.717, 1.165) is 9.75 Å². The predicted molar refractivity (Wildman–Crippen MR) is 58.0 cm³/mol. The Labute approximate surface area is 87.1 Å². The largest absolute Gasteiger partial charge is 0.391 e. The maximum atomic E-state index is 10.5. The zero-order chi connectivity index (χ0) is 10.4. The van der Waals surface area contributed by atoms with Gasteiger partial charge in [0.05, 0.1) is 6.61 Å². The molecular weight excluding hydrogens is 198 g/mol. The number of hydrogen-bond donors (Lipinski definition) is 2. The SMILES string of the molecule is CC(=O)NCC=Cc1ccc(CO)s1. The molecule has 1 rings (SSSR count). The Morgan fingerprint density at radius 2 is 2.43 bits per heavy atom. The van der Waals surface area contributed by atoms with Crippen molar-refractivity contribution in [1.82, 2.24) is 5.32 Å². The molecule has 0 radical (unpaired) electrons. The number of carbonyl (C=O) groups excluding carboxylic acids is 1. The van der Waals surface area contributed by atoms with Crippen LogP contribution in [0.3, 0.4) is 0 Å². The molecule has 0 aliphatic heterocycles. The number of nitrogens with one attached hydrogen (secondary N) is 1. The first-order chi connectivity index (χ1) is 6.72. The monoisotopic (exact) mass is 211 g/mol. The number of amides is 1. The molecule has 1 amide bonds. The number of aliphatic hydroxyl groups is 1. The fraction of sp³-hybridized carbons (Fsp3) is 0.300. The van der Waals surface area contributed by atoms with Gasteiger partial charge in [0.25, 0.3) is 0 Å². The van der Waals surface area contributed by atoms with Gasteiger partial charge in [0.2, 0.25) is 5.91 Å². The van der Waals surface area contributed by atoms with Crippen LogP contribution in [-0.4, -0.2) is 17.6 Å². The summed E-state index contributed by atoms with van der Waals surface area (Å²) >= 11 is 1.54. The van der Waals surface area contributed by atoms with Gasteiger partial charge in [0.15, 0.2) is 0 Å². The molecule has 0 bridgehead atoms. The topological polar surface area (TPSA) is 49.3 Å². The number of rotatable bonds is 4. The van der Waals surface area contributed by atoms with Crippen molar-refractivity contribution in [2.24, 2.45) is 0 Å². The summed E-state index contributed by atoms with van der Waals surface area (Å²) in [6.07, 6.45) is 3.81. The predicted octanol–water partition coefficient (Wildman–Crippen LogP) is 1.39. The molecule has 0 saturated heterocycles. The molecule has 76 valence electrons. The number of thiophene rings is 1. The molecule has 14 heavy (non-hydrogen) atoms. The Morgan fingerprint density at radius 3 is 3.00 bits per heavy atom. The summed E-state index contributed by atoms with van der Waals surface area (Å²) in [5, 5.41) is 11.5. The van der Waals surface area contributed by atoms with E-state index in [2.05, 4.69) is 5.32 Å². The highest BCUT2D eigenvalue weighted by molar-refractivity contribution is 7.12. The van der Waals surface area contributed by atoms with Crippen LogP contribution in [0.15, 0.2) is 18.2 Å². The molecule has 0 atom stereocenters. The third-order valence-electron chi connectivity index (χ3n) is 1.59. The van der Waals surface area contributed by atoms with E-state index >= 15 is 0 Å². The van der Waals surface area contributed by atoms with Crippen molar-refractivity contribution in [1.29, 1.82) is 0 Å². The lowest BCUT2D eigenvalue weighted by molar-refractivity contribution is -0.118. The van der Waals surface area contributed by atoms with Gasteiger partial charge in [0, 0.05) is 23.2 Å². The number of hydrogen-bond acceptors (Lipinski definition) is 3. The van der Waals surface area contributed by atoms with Crippen LogP contribution in [0.5, 0.6) is 0 Å². The van der Waals surface area contributed by atoms with Crippen LogP contribution < -0.4 is 5.32 Å². The van der Waals surface area contributed by atoms with Crippen molar-refractivity contribution < 1.29 is 9.90 Å². The molecule has 0 unspecified atom stereocenters. The minimum absolute atomic E-state index is 0.0307. The van der Waals surface area contributed by atoms with E-state index in [1.807, 2.05) is 24.3 Å². The van der Waals surface area contributed by atoms with Gasteiger partial charge in [-0.25, -0.2) is 0 Å². The zero-order valence-electron chi connectivity index (χ0n) is 7.99. The van der Waals surface area contributed by atoms with Crippen molar-refractivity contribution in [3.63, 3.8) is 0 Å². The molecule has 2 N–H and O–H groups in total. The molecule has 0 aromatic carbocycles. The smallest absolute Gasteiger partial charge is 0.217 e. The fourth-order valence-electron chi connectivity index (χ4n) is 0.947. The van der Waals surface area contributed by atoms with Crippen molar-refractivity contribution in [3.8, 4) is 0 Å². The van der Waals surface area contributed by atoms with Crippen LogP contribution in [0.4, 0.5) is 0 Å². The summed E-state index contributed by atoms with van der Waals surface area (Å²) in [5.41, 5.74) is 0. The third kappa shape index (κ3) is 3.72. The van der Waals surface area contributed by atoms with Gasteiger partial charge in [0.1, 0.15) is 0 Å². The molecule has 0 aliphatic carbocycles. The van der Waals surface area contributed by atoms with Crippen LogP contribution in [-0.2, 0) is 11.4 Å². The molecule has 1 aromatic heterocycles. The summed E-state index contributed by atoms with van der Waals surface area (Å²) in [6.45, 7) is 2.12. The minimum atomic E-state index is -0.0307. The van der Waals surface area contributed by atoms with E-state index in [1.165, 1.54) is 6.92 Å². The van der Waals surface area contributed by atoms with Gasteiger partial charge in [-0.05, 0) is 18.2 Å². The first-order valence-electron chi connectivity index (χ1n) is 4.33. The fourth-order valence-corrected chi connectivity index (χ4v) is 1.75. The van der Waals surface area contributed by atoms with Gasteiger partial charge in [-0.2, -0.15) is 0 Å². The van der Waals surface area contributed by atoms with Crippen molar-refractivity contribution in [2.75, 3.05) is 6.54 Å². The standard InChI is InChI=1S/C10H13NO2S/c1-8(13)11-6-2-3-9-4-5-10(7-12)14-9/h2-5,12H,6-7H2,1H3,(H,11,13). The first-order valence-corrected chi connectivity index (χ1v) is 5.14. The van der Waals surface area contributed by atoms with Crippen molar-refractivity contribution >= 4 is 23.3 Å². The van der Waals surface area contributed by atoms with E-state index < -0.39 is 0 Å². The zero-order valence-corrected chi connectivity index (χ0v) is 8.80. The van der Waals surface area contributed by atoms with Gasteiger partial charge >= 0.3 is 0 Å². The second-order valence-electron chi connectivity index (χ2n) is 2.80. The minimum Gasteiger partial charge on any atom is -0.391 e. The number of aliphatic hydroxyl groups excluding tert-OH is 1. The maximum Gasteiger partial charge on any atom is 0.217 e. The van der Waals surface area contributed by atoms with Crippen LogP contribution in [0.2, 0.25) is 0 Å². The maximum absolute atomic E-state index is 10.5. The van der Waals surface area contributed by atoms with Crippen LogP contribution in [0.1, 0.15) is 16.7 Å². The lowest BCUT2D eigenvalue weighted by atomic mass is 10.4. The highest BCUT2D eigenvalue weighted by atomic mass is 32.1. The normalized spacial score (nSPS) is 10.7. The Balaban J connectivity index is 2.39. The summed E-state index contributed by atoms with van der Waals surface area (Å²) in [5.74, 6) is -0.0307. The highest BCUT2D eigenvalue weighted by Gasteiger charge is 1.94. The second kappa shape index (κ2) is 5.57. The average molecular weight is 211 g/mol. The Bertz CT molecular complexity index is 331. The van der Waals surface area contributed by atoms with E-state index in [4.69, 9.17) is 5.11 Å². The van der Waals surface area contributed by atoms with E-state index in [0.29, 0.717) is 6.54 Å². The lowest BCUT2D eigenvalue weighted by Crippen LogP contribution is -2.19. The lowest BCUT2D eigenvalue weighted by Gasteiger charge is -1.93. The third-order valence-corrected chi connectivity index (χ3v) is 2.62. The number of carbonyl (C=O) groups is 1. The molecule has 0 aliphatic rings. The Kier molecular flexibility index (Phi) is 4.35. The molecule has 0 saturated carbocycles. The highest BCUT2D eigenvalue weighted by Crippen LogP contribution is 2.17. The molecule has 3 nitrogen and oxygen atoms in total. The van der Waals surface area contributed by atoms with Gasteiger partial charge in [-0.1, -0.05) is 6.08 Å². The van der Waals surface area contributed by atoms with Crippen molar-refractivity contribution in [3.05, 3.63) is 28.0 Å². The van der Waals surface area contributed by atoms with E-state index in [1.54, 1.807) is 11.3 Å². The molecule has 4 heteroatoms. The Hall–Kier alpha value is -1.13. The first kappa shape index (κ1) is 10.9. The molecule has 0 spiro atoms.